The fraction of sp³-hybridized carbons (Fsp3) is 0.545. The third-order valence-corrected chi connectivity index (χ3v) is 4.54. The molecule has 0 aliphatic carbocycles. The second-order valence-electron chi connectivity index (χ2n) is 3.98. The molecule has 0 atom stereocenters. The van der Waals surface area contributed by atoms with E-state index >= 15 is 0 Å². The molecule has 8 heteroatoms. The second kappa shape index (κ2) is 6.80. The zero-order valence-electron chi connectivity index (χ0n) is 11.2. The van der Waals surface area contributed by atoms with Gasteiger partial charge < -0.3 is 10.5 Å². The van der Waals surface area contributed by atoms with Gasteiger partial charge in [0.1, 0.15) is 0 Å². The molecule has 0 fully saturated rings. The lowest BCUT2D eigenvalue weighted by atomic mass is 10.3. The Hall–Kier alpha value is -1.22. The summed E-state index contributed by atoms with van der Waals surface area (Å²) in [6.45, 7) is 6.15. The lowest BCUT2D eigenvalue weighted by Gasteiger charge is -2.19. The van der Waals surface area contributed by atoms with Gasteiger partial charge in [0.2, 0.25) is 0 Å². The molecule has 7 nitrogen and oxygen atoms in total. The summed E-state index contributed by atoms with van der Waals surface area (Å²) in [5, 5.41) is 6.49. The first-order chi connectivity index (χ1) is 8.98. The van der Waals surface area contributed by atoms with Crippen molar-refractivity contribution < 1.29 is 13.2 Å². The number of sulfonamides is 1. The van der Waals surface area contributed by atoms with E-state index in [9.17, 15) is 8.42 Å². The van der Waals surface area contributed by atoms with Crippen LogP contribution >= 0.6 is 0 Å². The van der Waals surface area contributed by atoms with E-state index in [1.807, 2.05) is 0 Å². The molecule has 3 N–H and O–H groups in total. The minimum Gasteiger partial charge on any atom is -0.383 e. The highest BCUT2D eigenvalue weighted by Crippen LogP contribution is 2.19. The van der Waals surface area contributed by atoms with Gasteiger partial charge in [-0.2, -0.15) is 9.40 Å². The van der Waals surface area contributed by atoms with Gasteiger partial charge in [-0.3, -0.25) is 5.10 Å². The Balaban J connectivity index is 3.14. The van der Waals surface area contributed by atoms with Crippen LogP contribution in [0, 0.1) is 6.92 Å². The summed E-state index contributed by atoms with van der Waals surface area (Å²) in [5.41, 5.74) is 6.74. The van der Waals surface area contributed by atoms with Gasteiger partial charge in [0.05, 0.1) is 6.61 Å². The van der Waals surface area contributed by atoms with Crippen molar-refractivity contribution in [2.24, 2.45) is 5.73 Å². The highest BCUT2D eigenvalue weighted by molar-refractivity contribution is 7.89. The van der Waals surface area contributed by atoms with E-state index in [0.29, 0.717) is 17.9 Å². The summed E-state index contributed by atoms with van der Waals surface area (Å²) in [6.07, 6.45) is 1.52. The number of nitrogens with two attached hydrogens (primary N) is 1. The van der Waals surface area contributed by atoms with Crippen LogP contribution in [-0.2, 0) is 21.3 Å². The first-order valence-electron chi connectivity index (χ1n) is 5.82. The molecule has 0 aliphatic rings. The first kappa shape index (κ1) is 15.8. The number of rotatable bonds is 8. The molecule has 0 saturated heterocycles. The van der Waals surface area contributed by atoms with Crippen molar-refractivity contribution in [2.75, 3.05) is 26.8 Å². The van der Waals surface area contributed by atoms with E-state index < -0.39 is 10.0 Å². The Kier molecular flexibility index (Phi) is 5.67. The average molecular weight is 288 g/mol. The van der Waals surface area contributed by atoms with Crippen LogP contribution in [0.25, 0.3) is 0 Å². The molecule has 0 aliphatic heterocycles. The van der Waals surface area contributed by atoms with E-state index in [-0.39, 0.29) is 24.7 Å². The minimum atomic E-state index is -3.70. The highest BCUT2D eigenvalue weighted by Gasteiger charge is 2.29. The Bertz CT molecular complexity index is 524. The van der Waals surface area contributed by atoms with Gasteiger partial charge in [0, 0.05) is 38.0 Å². The minimum absolute atomic E-state index is 0.0227. The van der Waals surface area contributed by atoms with Gasteiger partial charge in [-0.15, -0.1) is 6.58 Å². The van der Waals surface area contributed by atoms with Gasteiger partial charge in [-0.1, -0.05) is 6.08 Å². The van der Waals surface area contributed by atoms with E-state index in [1.54, 1.807) is 6.92 Å². The fourth-order valence-electron chi connectivity index (χ4n) is 1.65. The maximum atomic E-state index is 12.5. The molecule has 1 aromatic rings. The van der Waals surface area contributed by atoms with Crippen molar-refractivity contribution in [3.63, 3.8) is 0 Å². The summed E-state index contributed by atoms with van der Waals surface area (Å²) in [6, 6.07) is 0. The number of ether oxygens (including phenoxy) is 1. The summed E-state index contributed by atoms with van der Waals surface area (Å²) in [4.78, 5) is 0. The van der Waals surface area contributed by atoms with E-state index in [2.05, 4.69) is 16.8 Å². The lowest BCUT2D eigenvalue weighted by Crippen LogP contribution is -2.35. The highest BCUT2D eigenvalue weighted by atomic mass is 32.2. The molecule has 108 valence electrons. The molecule has 0 unspecified atom stereocenters. The summed E-state index contributed by atoms with van der Waals surface area (Å²) >= 11 is 0. The third-order valence-electron chi connectivity index (χ3n) is 2.70. The van der Waals surface area contributed by atoms with Crippen molar-refractivity contribution in [2.45, 2.75) is 18.5 Å². The molecular weight excluding hydrogens is 268 g/mol. The topological polar surface area (TPSA) is 101 Å². The molecule has 1 rings (SSSR count). The number of methoxy groups -OCH3 is 1. The van der Waals surface area contributed by atoms with Crippen molar-refractivity contribution >= 4 is 10.0 Å². The van der Waals surface area contributed by atoms with Crippen LogP contribution < -0.4 is 5.73 Å². The summed E-state index contributed by atoms with van der Waals surface area (Å²) < 4.78 is 31.2. The van der Waals surface area contributed by atoms with Gasteiger partial charge in [-0.25, -0.2) is 8.42 Å². The zero-order chi connectivity index (χ0) is 14.5. The van der Waals surface area contributed by atoms with Crippen molar-refractivity contribution in [1.29, 1.82) is 0 Å². The molecule has 0 spiro atoms. The number of aromatic nitrogens is 2. The molecule has 1 aromatic heterocycles. The van der Waals surface area contributed by atoms with Crippen molar-refractivity contribution in [3.8, 4) is 0 Å². The number of aryl methyl sites for hydroxylation is 1. The summed E-state index contributed by atoms with van der Waals surface area (Å²) in [7, 11) is -2.18. The molecular formula is C11H20N4O3S. The maximum absolute atomic E-state index is 12.5. The second-order valence-corrected chi connectivity index (χ2v) is 5.83. The van der Waals surface area contributed by atoms with Crippen LogP contribution in [0.1, 0.15) is 11.3 Å². The van der Waals surface area contributed by atoms with E-state index in [4.69, 9.17) is 10.5 Å². The molecule has 0 saturated carbocycles. The number of hydrogen-bond acceptors (Lipinski definition) is 5. The smallest absolute Gasteiger partial charge is 0.263 e. The largest absolute Gasteiger partial charge is 0.383 e. The quantitative estimate of drug-likeness (QED) is 0.656. The third kappa shape index (κ3) is 3.41. The SMILES string of the molecule is C=CCN(CCOC)S(=O)(=O)c1n[nH]c(C)c1CN. The lowest BCUT2D eigenvalue weighted by molar-refractivity contribution is 0.182. The number of nitrogens with one attached hydrogen (secondary N) is 1. The molecule has 0 aromatic carbocycles. The van der Waals surface area contributed by atoms with Crippen molar-refractivity contribution in [3.05, 3.63) is 23.9 Å². The van der Waals surface area contributed by atoms with Gasteiger partial charge in [-0.05, 0) is 6.92 Å². The van der Waals surface area contributed by atoms with Crippen LogP contribution in [0.15, 0.2) is 17.7 Å². The molecule has 19 heavy (non-hydrogen) atoms. The normalized spacial score (nSPS) is 12.0. The monoisotopic (exact) mass is 288 g/mol. The molecule has 1 heterocycles. The maximum Gasteiger partial charge on any atom is 0.263 e. The van der Waals surface area contributed by atoms with Crippen LogP contribution in [0.3, 0.4) is 0 Å². The van der Waals surface area contributed by atoms with Crippen LogP contribution in [0.2, 0.25) is 0 Å². The average Bonchev–Trinajstić information content (AvgIpc) is 2.76. The standard InChI is InChI=1S/C11H20N4O3S/c1-4-5-15(6-7-18-3)19(16,17)11-10(8-12)9(2)13-14-11/h4H,1,5-8,12H2,2-3H3,(H,13,14). The first-order valence-corrected chi connectivity index (χ1v) is 7.26. The van der Waals surface area contributed by atoms with E-state index in [0.717, 1.165) is 0 Å². The Morgan fingerprint density at radius 2 is 2.26 bits per heavy atom. The number of H-pyrrole nitrogens is 1. The van der Waals surface area contributed by atoms with Crippen LogP contribution in [0.5, 0.6) is 0 Å². The van der Waals surface area contributed by atoms with Gasteiger partial charge >= 0.3 is 0 Å². The van der Waals surface area contributed by atoms with E-state index in [1.165, 1.54) is 17.5 Å². The van der Waals surface area contributed by atoms with Gasteiger partial charge in [0.15, 0.2) is 5.03 Å². The van der Waals surface area contributed by atoms with Gasteiger partial charge in [0.25, 0.3) is 10.0 Å². The predicted molar refractivity (Wildman–Crippen MR) is 72.0 cm³/mol. The molecule has 0 bridgehead atoms. The van der Waals surface area contributed by atoms with Crippen LogP contribution in [0.4, 0.5) is 0 Å². The Labute approximate surface area is 113 Å². The molecule has 0 radical (unpaired) electrons. The Morgan fingerprint density at radius 1 is 1.58 bits per heavy atom. The number of hydrogen-bond donors (Lipinski definition) is 2. The zero-order valence-corrected chi connectivity index (χ0v) is 12.0. The number of aromatic amines is 1. The predicted octanol–water partition coefficient (Wildman–Crippen LogP) is -0.0000800. The summed E-state index contributed by atoms with van der Waals surface area (Å²) in [5.74, 6) is 0. The van der Waals surface area contributed by atoms with Crippen LogP contribution in [-0.4, -0.2) is 49.7 Å². The molecule has 0 amide bonds. The fourth-order valence-corrected chi connectivity index (χ4v) is 3.22. The van der Waals surface area contributed by atoms with Crippen molar-refractivity contribution in [1.82, 2.24) is 14.5 Å². The Morgan fingerprint density at radius 3 is 2.79 bits per heavy atom. The number of nitrogens with zero attached hydrogens (tertiary/aromatic N) is 2.